The number of nitrogens with zero attached hydrogens (tertiary/aromatic N) is 4. The van der Waals surface area contributed by atoms with Gasteiger partial charge in [0.15, 0.2) is 11.6 Å². The van der Waals surface area contributed by atoms with E-state index in [1.54, 1.807) is 18.2 Å². The van der Waals surface area contributed by atoms with Gasteiger partial charge in [-0.2, -0.15) is 18.2 Å². The molecule has 0 atom stereocenters. The number of hydrogen-bond donors (Lipinski definition) is 2. The number of pyridine rings is 1. The first-order valence-corrected chi connectivity index (χ1v) is 11.7. The Morgan fingerprint density at radius 3 is 2.22 bits per heavy atom. The summed E-state index contributed by atoms with van der Waals surface area (Å²) in [5.74, 6) is -0.628. The molecule has 3 heterocycles. The van der Waals surface area contributed by atoms with Crippen molar-refractivity contribution in [1.29, 1.82) is 0 Å². The fourth-order valence-corrected chi connectivity index (χ4v) is 4.90. The predicted molar refractivity (Wildman–Crippen MR) is 133 cm³/mol. The molecule has 0 spiro atoms. The smallest absolute Gasteiger partial charge is 0.365 e. The van der Waals surface area contributed by atoms with E-state index in [1.807, 2.05) is 0 Å². The maximum atomic E-state index is 14.7. The lowest BCUT2D eigenvalue weighted by atomic mass is 9.77. The number of likely N-dealkylation sites (tertiary alicyclic amines) is 1. The van der Waals surface area contributed by atoms with Crippen molar-refractivity contribution in [3.63, 3.8) is 0 Å². The number of nitrogens with one attached hydrogen (secondary N) is 2. The molecule has 0 bridgehead atoms. The van der Waals surface area contributed by atoms with Crippen LogP contribution in [0.25, 0.3) is 11.1 Å². The van der Waals surface area contributed by atoms with E-state index >= 15 is 0 Å². The van der Waals surface area contributed by atoms with E-state index in [9.17, 15) is 17.6 Å². The fourth-order valence-electron chi connectivity index (χ4n) is 4.90. The van der Waals surface area contributed by atoms with Gasteiger partial charge < -0.3 is 10.6 Å². The minimum absolute atomic E-state index is 0.00893. The van der Waals surface area contributed by atoms with Crippen molar-refractivity contribution in [2.75, 3.05) is 17.7 Å². The monoisotopic (exact) mass is 502 g/mol. The Morgan fingerprint density at radius 1 is 0.972 bits per heavy atom. The van der Waals surface area contributed by atoms with Crippen LogP contribution < -0.4 is 10.6 Å². The molecule has 6 nitrogen and oxygen atoms in total. The van der Waals surface area contributed by atoms with E-state index in [0.717, 1.165) is 31.2 Å². The molecule has 2 aromatic heterocycles. The van der Waals surface area contributed by atoms with E-state index < -0.39 is 17.6 Å². The van der Waals surface area contributed by atoms with Gasteiger partial charge in [0.1, 0.15) is 0 Å². The molecule has 4 rings (SSSR count). The van der Waals surface area contributed by atoms with Gasteiger partial charge in [-0.15, -0.1) is 0 Å². The molecule has 3 aromatic rings. The van der Waals surface area contributed by atoms with Crippen LogP contribution >= 0.6 is 0 Å². The highest BCUT2D eigenvalue weighted by molar-refractivity contribution is 5.71. The van der Waals surface area contributed by atoms with Crippen LogP contribution in [0.4, 0.5) is 35.0 Å². The van der Waals surface area contributed by atoms with Crippen molar-refractivity contribution in [2.24, 2.45) is 0 Å². The second-order valence-corrected chi connectivity index (χ2v) is 10.5. The van der Waals surface area contributed by atoms with E-state index in [-0.39, 0.29) is 34.6 Å². The van der Waals surface area contributed by atoms with E-state index in [4.69, 9.17) is 0 Å². The number of benzene rings is 1. The molecule has 0 radical (unpaired) electrons. The van der Waals surface area contributed by atoms with Crippen LogP contribution in [-0.4, -0.2) is 44.0 Å². The number of piperidine rings is 1. The van der Waals surface area contributed by atoms with Gasteiger partial charge in [0.05, 0.1) is 11.8 Å². The molecule has 0 saturated carbocycles. The van der Waals surface area contributed by atoms with Crippen LogP contribution in [0.15, 0.2) is 48.9 Å². The molecule has 1 fully saturated rings. The summed E-state index contributed by atoms with van der Waals surface area (Å²) in [6.07, 6.45) is 1.01. The van der Waals surface area contributed by atoms with Crippen molar-refractivity contribution in [3.8, 4) is 11.1 Å². The second-order valence-electron chi connectivity index (χ2n) is 10.5. The molecule has 0 aliphatic carbocycles. The Kier molecular flexibility index (Phi) is 6.68. The lowest BCUT2D eigenvalue weighted by Gasteiger charge is -2.53. The molecule has 10 heteroatoms. The first-order valence-electron chi connectivity index (χ1n) is 11.7. The van der Waals surface area contributed by atoms with Crippen LogP contribution in [0.5, 0.6) is 0 Å². The van der Waals surface area contributed by atoms with Gasteiger partial charge in [0.2, 0.25) is 5.95 Å². The Morgan fingerprint density at radius 2 is 1.61 bits per heavy atom. The van der Waals surface area contributed by atoms with Crippen molar-refractivity contribution in [1.82, 2.24) is 19.9 Å². The highest BCUT2D eigenvalue weighted by Gasteiger charge is 2.43. The molecule has 1 saturated heterocycles. The van der Waals surface area contributed by atoms with Crippen LogP contribution in [0.2, 0.25) is 0 Å². The normalized spacial score (nSPS) is 18.1. The van der Waals surface area contributed by atoms with Gasteiger partial charge in [-0.3, -0.25) is 9.88 Å². The highest BCUT2D eigenvalue weighted by Crippen LogP contribution is 2.38. The number of aromatic nitrogens is 3. The van der Waals surface area contributed by atoms with Gasteiger partial charge in [-0.05, 0) is 89.0 Å². The first-order chi connectivity index (χ1) is 16.7. The number of hydrogen-bond acceptors (Lipinski definition) is 6. The average molecular weight is 503 g/mol. The summed E-state index contributed by atoms with van der Waals surface area (Å²) in [6, 6.07) is 6.82. The predicted octanol–water partition coefficient (Wildman–Crippen LogP) is 6.50. The molecule has 2 N–H and O–H groups in total. The van der Waals surface area contributed by atoms with Crippen molar-refractivity contribution >= 4 is 17.5 Å². The van der Waals surface area contributed by atoms with E-state index in [0.29, 0.717) is 11.1 Å². The quantitative estimate of drug-likeness (QED) is 0.388. The van der Waals surface area contributed by atoms with Gasteiger partial charge in [-0.25, -0.2) is 9.37 Å². The molecule has 0 unspecified atom stereocenters. The Balaban J connectivity index is 1.62. The van der Waals surface area contributed by atoms with Crippen molar-refractivity contribution < 1.29 is 17.6 Å². The Bertz CT molecular complexity index is 1210. The number of anilines is 3. The maximum Gasteiger partial charge on any atom is 0.416 e. The first kappa shape index (κ1) is 25.8. The van der Waals surface area contributed by atoms with Crippen molar-refractivity contribution in [2.45, 2.75) is 63.8 Å². The van der Waals surface area contributed by atoms with Crippen LogP contribution in [-0.2, 0) is 6.18 Å². The van der Waals surface area contributed by atoms with Gasteiger partial charge in [0, 0.05) is 35.2 Å². The van der Waals surface area contributed by atoms with Gasteiger partial charge in [0.25, 0.3) is 0 Å². The molecular formula is C26H30F4N6. The Hall–Kier alpha value is -3.27. The number of alkyl halides is 3. The van der Waals surface area contributed by atoms with Crippen LogP contribution in [0.1, 0.15) is 46.1 Å². The summed E-state index contributed by atoms with van der Waals surface area (Å²) in [4.78, 5) is 14.4. The van der Waals surface area contributed by atoms with Crippen LogP contribution in [0, 0.1) is 5.82 Å². The zero-order valence-corrected chi connectivity index (χ0v) is 20.9. The summed E-state index contributed by atoms with van der Waals surface area (Å²) in [7, 11) is 2.08. The lowest BCUT2D eigenvalue weighted by Crippen LogP contribution is -2.61. The molecule has 1 aliphatic rings. The maximum absolute atomic E-state index is 14.7. The standard InChI is InChI=1S/C26H30F4N6/c1-24(2)13-20(14-25(3,4)36(24)5)33-22-21(27)15-32-23(35-22)34-19-11-17(16-6-8-31-9-7-16)10-18(12-19)26(28,29)30/h6-12,15,20H,13-14H2,1-5H3,(H2,32,33,34,35). The fraction of sp³-hybridized carbons (Fsp3) is 0.423. The summed E-state index contributed by atoms with van der Waals surface area (Å²) < 4.78 is 55.4. The van der Waals surface area contributed by atoms with Crippen LogP contribution in [0.3, 0.4) is 0 Å². The average Bonchev–Trinajstić information content (AvgIpc) is 2.79. The topological polar surface area (TPSA) is 66.0 Å². The number of rotatable bonds is 5. The molecule has 1 aromatic carbocycles. The number of halogens is 4. The summed E-state index contributed by atoms with van der Waals surface area (Å²) in [5, 5.41) is 6.02. The highest BCUT2D eigenvalue weighted by atomic mass is 19.4. The zero-order valence-electron chi connectivity index (χ0n) is 20.9. The Labute approximate surface area is 208 Å². The minimum Gasteiger partial charge on any atom is -0.365 e. The SMILES string of the molecule is CN1C(C)(C)CC(Nc2nc(Nc3cc(-c4ccncc4)cc(C(F)(F)F)c3)ncc2F)CC1(C)C. The van der Waals surface area contributed by atoms with E-state index in [1.165, 1.54) is 12.4 Å². The molecule has 192 valence electrons. The molecular weight excluding hydrogens is 472 g/mol. The third-order valence-electron chi connectivity index (χ3n) is 6.92. The lowest BCUT2D eigenvalue weighted by molar-refractivity contribution is -0.137. The molecule has 1 aliphatic heterocycles. The van der Waals surface area contributed by atoms with Gasteiger partial charge >= 0.3 is 6.18 Å². The summed E-state index contributed by atoms with van der Waals surface area (Å²) in [5.41, 5.74) is 0.00266. The second kappa shape index (κ2) is 9.31. The zero-order chi connectivity index (χ0) is 26.3. The summed E-state index contributed by atoms with van der Waals surface area (Å²) >= 11 is 0. The third-order valence-corrected chi connectivity index (χ3v) is 6.92. The summed E-state index contributed by atoms with van der Waals surface area (Å²) in [6.45, 7) is 8.56. The van der Waals surface area contributed by atoms with Crippen molar-refractivity contribution in [3.05, 3.63) is 60.3 Å². The van der Waals surface area contributed by atoms with Gasteiger partial charge in [-0.1, -0.05) is 0 Å². The molecule has 0 amide bonds. The third kappa shape index (κ3) is 5.59. The largest absolute Gasteiger partial charge is 0.416 e. The minimum atomic E-state index is -4.55. The molecule has 36 heavy (non-hydrogen) atoms. The van der Waals surface area contributed by atoms with E-state index in [2.05, 4.69) is 65.2 Å².